The standard InChI is InChI=1S/C15H11Cl2F3/c1-7-3-9(18)4-8(2)14(7)15(17)10-5-13(20)11(16)6-12(10)19/h3-6,15H,1-2H3. The Labute approximate surface area is 125 Å². The van der Waals surface area contributed by atoms with Crippen LogP contribution in [-0.4, -0.2) is 0 Å². The minimum Gasteiger partial charge on any atom is -0.207 e. The van der Waals surface area contributed by atoms with Crippen molar-refractivity contribution in [2.45, 2.75) is 19.2 Å². The zero-order valence-electron chi connectivity index (χ0n) is 10.8. The van der Waals surface area contributed by atoms with Crippen molar-refractivity contribution in [1.82, 2.24) is 0 Å². The van der Waals surface area contributed by atoms with Gasteiger partial charge in [-0.3, -0.25) is 0 Å². The van der Waals surface area contributed by atoms with Crippen LogP contribution in [0.1, 0.15) is 27.6 Å². The molecule has 0 spiro atoms. The van der Waals surface area contributed by atoms with Crippen molar-refractivity contribution >= 4 is 23.2 Å². The first kappa shape index (κ1) is 15.2. The predicted molar refractivity (Wildman–Crippen MR) is 74.9 cm³/mol. The van der Waals surface area contributed by atoms with Gasteiger partial charge in [0.05, 0.1) is 10.4 Å². The van der Waals surface area contributed by atoms with Gasteiger partial charge < -0.3 is 0 Å². The van der Waals surface area contributed by atoms with Crippen molar-refractivity contribution in [3.05, 3.63) is 69.0 Å². The fourth-order valence-electron chi connectivity index (χ4n) is 2.21. The van der Waals surface area contributed by atoms with Gasteiger partial charge in [0, 0.05) is 5.56 Å². The highest BCUT2D eigenvalue weighted by Crippen LogP contribution is 2.36. The fourth-order valence-corrected chi connectivity index (χ4v) is 2.87. The summed E-state index contributed by atoms with van der Waals surface area (Å²) in [7, 11) is 0. The molecule has 0 heterocycles. The van der Waals surface area contributed by atoms with Gasteiger partial charge in [-0.05, 0) is 54.8 Å². The first-order valence-corrected chi connectivity index (χ1v) is 6.68. The average Bonchev–Trinajstić information content (AvgIpc) is 2.32. The van der Waals surface area contributed by atoms with E-state index in [4.69, 9.17) is 23.2 Å². The Hall–Kier alpha value is -1.19. The number of alkyl halides is 1. The van der Waals surface area contributed by atoms with E-state index in [-0.39, 0.29) is 10.6 Å². The molecule has 2 rings (SSSR count). The average molecular weight is 319 g/mol. The molecule has 0 nitrogen and oxygen atoms in total. The molecule has 2 aromatic carbocycles. The van der Waals surface area contributed by atoms with Gasteiger partial charge in [0.15, 0.2) is 0 Å². The molecule has 0 aliphatic rings. The SMILES string of the molecule is Cc1cc(F)cc(C)c1C(Cl)c1cc(F)c(Cl)cc1F. The highest BCUT2D eigenvalue weighted by atomic mass is 35.5. The largest absolute Gasteiger partial charge is 0.207 e. The number of benzene rings is 2. The topological polar surface area (TPSA) is 0 Å². The Morgan fingerprint density at radius 3 is 2.00 bits per heavy atom. The molecule has 2 aromatic rings. The second-order valence-corrected chi connectivity index (χ2v) is 5.45. The molecule has 0 saturated carbocycles. The molecule has 106 valence electrons. The van der Waals surface area contributed by atoms with Crippen LogP contribution in [0.3, 0.4) is 0 Å². The number of hydrogen-bond acceptors (Lipinski definition) is 0. The maximum Gasteiger partial charge on any atom is 0.142 e. The van der Waals surface area contributed by atoms with Crippen molar-refractivity contribution in [1.29, 1.82) is 0 Å². The molecule has 0 amide bonds. The second-order valence-electron chi connectivity index (χ2n) is 4.60. The molecular weight excluding hydrogens is 308 g/mol. The Bertz CT molecular complexity index is 645. The van der Waals surface area contributed by atoms with Gasteiger partial charge in [-0.1, -0.05) is 11.6 Å². The highest BCUT2D eigenvalue weighted by molar-refractivity contribution is 6.30. The summed E-state index contributed by atoms with van der Waals surface area (Å²) in [6.07, 6.45) is 0. The van der Waals surface area contributed by atoms with Crippen molar-refractivity contribution in [2.24, 2.45) is 0 Å². The van der Waals surface area contributed by atoms with Gasteiger partial charge in [-0.2, -0.15) is 0 Å². The highest BCUT2D eigenvalue weighted by Gasteiger charge is 2.21. The number of aryl methyl sites for hydroxylation is 2. The minimum atomic E-state index is -0.914. The third-order valence-electron chi connectivity index (χ3n) is 3.12. The van der Waals surface area contributed by atoms with E-state index < -0.39 is 22.8 Å². The summed E-state index contributed by atoms with van der Waals surface area (Å²) in [5.74, 6) is -1.83. The molecular formula is C15H11Cl2F3. The van der Waals surface area contributed by atoms with E-state index in [0.717, 1.165) is 12.1 Å². The monoisotopic (exact) mass is 318 g/mol. The van der Waals surface area contributed by atoms with Crippen LogP contribution >= 0.6 is 23.2 Å². The molecule has 5 heteroatoms. The number of hydrogen-bond donors (Lipinski definition) is 0. The van der Waals surface area contributed by atoms with Gasteiger partial charge in [0.2, 0.25) is 0 Å². The summed E-state index contributed by atoms with van der Waals surface area (Å²) in [5, 5.41) is -1.22. The van der Waals surface area contributed by atoms with Gasteiger partial charge in [-0.25, -0.2) is 13.2 Å². The van der Waals surface area contributed by atoms with Crippen LogP contribution in [0.25, 0.3) is 0 Å². The van der Waals surface area contributed by atoms with E-state index in [0.29, 0.717) is 16.7 Å². The van der Waals surface area contributed by atoms with Gasteiger partial charge in [0.25, 0.3) is 0 Å². The molecule has 0 aliphatic carbocycles. The molecule has 0 N–H and O–H groups in total. The van der Waals surface area contributed by atoms with Gasteiger partial charge in [0.1, 0.15) is 17.5 Å². The summed E-state index contributed by atoms with van der Waals surface area (Å²) >= 11 is 11.8. The van der Waals surface area contributed by atoms with Gasteiger partial charge in [-0.15, -0.1) is 11.6 Å². The normalized spacial score (nSPS) is 12.6. The molecule has 1 unspecified atom stereocenters. The Morgan fingerprint density at radius 1 is 0.900 bits per heavy atom. The predicted octanol–water partition coefficient (Wildman–Crippen LogP) is 5.70. The molecule has 20 heavy (non-hydrogen) atoms. The summed E-state index contributed by atoms with van der Waals surface area (Å²) < 4.78 is 40.7. The third kappa shape index (κ3) is 2.79. The van der Waals surface area contributed by atoms with Crippen LogP contribution in [0.5, 0.6) is 0 Å². The molecule has 0 aliphatic heterocycles. The lowest BCUT2D eigenvalue weighted by molar-refractivity contribution is 0.587. The fraction of sp³-hybridized carbons (Fsp3) is 0.200. The molecule has 0 radical (unpaired) electrons. The second kappa shape index (κ2) is 5.66. The van der Waals surface area contributed by atoms with E-state index in [9.17, 15) is 13.2 Å². The summed E-state index contributed by atoms with van der Waals surface area (Å²) in [4.78, 5) is 0. The zero-order chi connectivity index (χ0) is 15.0. The van der Waals surface area contributed by atoms with E-state index >= 15 is 0 Å². The van der Waals surface area contributed by atoms with E-state index in [1.54, 1.807) is 13.8 Å². The quantitative estimate of drug-likeness (QED) is 0.492. The van der Waals surface area contributed by atoms with Crippen molar-refractivity contribution in [3.8, 4) is 0 Å². The molecule has 0 fully saturated rings. The lowest BCUT2D eigenvalue weighted by Crippen LogP contribution is -2.04. The van der Waals surface area contributed by atoms with Crippen LogP contribution in [0.4, 0.5) is 13.2 Å². The Balaban J connectivity index is 2.57. The summed E-state index contributed by atoms with van der Waals surface area (Å²) in [6.45, 7) is 3.34. The molecule has 0 saturated heterocycles. The maximum atomic E-state index is 13.9. The van der Waals surface area contributed by atoms with Gasteiger partial charge >= 0.3 is 0 Å². The lowest BCUT2D eigenvalue weighted by Gasteiger charge is -2.17. The first-order valence-electron chi connectivity index (χ1n) is 5.86. The minimum absolute atomic E-state index is 0.0219. The van der Waals surface area contributed by atoms with Crippen LogP contribution in [0, 0.1) is 31.3 Å². The lowest BCUT2D eigenvalue weighted by atomic mass is 9.95. The van der Waals surface area contributed by atoms with E-state index in [2.05, 4.69) is 0 Å². The summed E-state index contributed by atoms with van der Waals surface area (Å²) in [6, 6.07) is 4.47. The van der Waals surface area contributed by atoms with Crippen molar-refractivity contribution < 1.29 is 13.2 Å². The van der Waals surface area contributed by atoms with E-state index in [1.165, 1.54) is 12.1 Å². The number of halogens is 5. The smallest absolute Gasteiger partial charge is 0.142 e. The van der Waals surface area contributed by atoms with Crippen LogP contribution in [0.15, 0.2) is 24.3 Å². The maximum absolute atomic E-state index is 13.9. The molecule has 0 bridgehead atoms. The third-order valence-corrected chi connectivity index (χ3v) is 3.87. The summed E-state index contributed by atoms with van der Waals surface area (Å²) in [5.41, 5.74) is 1.70. The van der Waals surface area contributed by atoms with Crippen LogP contribution in [0.2, 0.25) is 5.02 Å². The molecule has 1 atom stereocenters. The van der Waals surface area contributed by atoms with Crippen molar-refractivity contribution in [3.63, 3.8) is 0 Å². The van der Waals surface area contributed by atoms with Crippen LogP contribution in [-0.2, 0) is 0 Å². The van der Waals surface area contributed by atoms with Crippen LogP contribution < -0.4 is 0 Å². The Morgan fingerprint density at radius 2 is 1.45 bits per heavy atom. The Kier molecular flexibility index (Phi) is 4.31. The molecule has 0 aromatic heterocycles. The number of rotatable bonds is 2. The van der Waals surface area contributed by atoms with Crippen molar-refractivity contribution in [2.75, 3.05) is 0 Å². The zero-order valence-corrected chi connectivity index (χ0v) is 12.3. The first-order chi connectivity index (χ1) is 9.31. The van der Waals surface area contributed by atoms with E-state index in [1.807, 2.05) is 0 Å².